The Morgan fingerprint density at radius 1 is 0.977 bits per heavy atom. The maximum absolute atomic E-state index is 13.1. The highest BCUT2D eigenvalue weighted by molar-refractivity contribution is 7.94. The molecule has 0 radical (unpaired) electrons. The van der Waals surface area contributed by atoms with Gasteiger partial charge in [0.25, 0.3) is 5.91 Å². The fourth-order valence-corrected chi connectivity index (χ4v) is 7.22. The number of carboxylic acids is 1. The van der Waals surface area contributed by atoms with Crippen molar-refractivity contribution in [3.63, 3.8) is 0 Å². The van der Waals surface area contributed by atoms with E-state index in [1.54, 1.807) is 11.0 Å². The molecule has 8 nitrogen and oxygen atoms in total. The molecule has 232 valence electrons. The standard InChI is InChI=1S/C34H46N4O4S/c1-36(20-10-11-21-37(2)43-35)31(39)23-42-30-17-9-8-16-28(30)33-32(24-12-4-3-5-13-24)27-19-18-25(34(40)41)22-29(27)38(33)26-14-6-7-15-26/h8-9,16-19,22,24,26H,3-7,10-15,20-21,23,35H2,1-2H3,(H,40,41). The van der Waals surface area contributed by atoms with E-state index in [1.807, 2.05) is 48.7 Å². The van der Waals surface area contributed by atoms with Crippen molar-refractivity contribution in [2.45, 2.75) is 82.6 Å². The maximum atomic E-state index is 13.1. The lowest BCUT2D eigenvalue weighted by molar-refractivity contribution is -0.132. The van der Waals surface area contributed by atoms with Crippen LogP contribution in [0.1, 0.15) is 98.5 Å². The summed E-state index contributed by atoms with van der Waals surface area (Å²) in [6.45, 7) is 1.51. The van der Waals surface area contributed by atoms with Crippen molar-refractivity contribution >= 4 is 34.9 Å². The first kappa shape index (κ1) is 31.4. The highest BCUT2D eigenvalue weighted by Gasteiger charge is 2.32. The van der Waals surface area contributed by atoms with Crippen molar-refractivity contribution in [2.75, 3.05) is 33.8 Å². The lowest BCUT2D eigenvalue weighted by Crippen LogP contribution is -2.32. The minimum Gasteiger partial charge on any atom is -0.483 e. The van der Waals surface area contributed by atoms with E-state index in [0.717, 1.165) is 67.2 Å². The Morgan fingerprint density at radius 2 is 1.67 bits per heavy atom. The van der Waals surface area contributed by atoms with Gasteiger partial charge in [-0.2, -0.15) is 0 Å². The van der Waals surface area contributed by atoms with Crippen LogP contribution in [0.4, 0.5) is 0 Å². The Labute approximate surface area is 259 Å². The third kappa shape index (κ3) is 7.21. The number of unbranched alkanes of at least 4 members (excludes halogenated alkanes) is 1. The largest absolute Gasteiger partial charge is 0.483 e. The van der Waals surface area contributed by atoms with Gasteiger partial charge in [-0.15, -0.1) is 0 Å². The Morgan fingerprint density at radius 3 is 2.40 bits per heavy atom. The van der Waals surface area contributed by atoms with Crippen LogP contribution in [0, 0.1) is 0 Å². The molecule has 0 unspecified atom stereocenters. The second-order valence-corrected chi connectivity index (χ2v) is 13.0. The Bertz CT molecular complexity index is 1410. The van der Waals surface area contributed by atoms with E-state index < -0.39 is 5.97 Å². The molecule has 3 aromatic rings. The fourth-order valence-electron chi connectivity index (χ4n) is 6.99. The molecule has 2 fully saturated rings. The van der Waals surface area contributed by atoms with Gasteiger partial charge in [0.1, 0.15) is 5.75 Å². The molecule has 0 spiro atoms. The molecule has 0 saturated heterocycles. The monoisotopic (exact) mass is 606 g/mol. The van der Waals surface area contributed by atoms with E-state index in [1.165, 1.54) is 49.8 Å². The minimum absolute atomic E-state index is 0.0301. The number of fused-ring (bicyclic) bond motifs is 1. The number of aromatic nitrogens is 1. The molecule has 5 rings (SSSR count). The Balaban J connectivity index is 1.50. The van der Waals surface area contributed by atoms with E-state index in [2.05, 4.69) is 10.6 Å². The highest BCUT2D eigenvalue weighted by Crippen LogP contribution is 2.49. The molecule has 2 aliphatic rings. The molecule has 1 aromatic heterocycles. The molecule has 3 N–H and O–H groups in total. The normalized spacial score (nSPS) is 16.3. The third-order valence-corrected chi connectivity index (χ3v) is 9.85. The SMILES string of the molecule is CN(CCCCN(C)C(=O)COc1ccccc1-c1c(C2CCCCC2)c2ccc(C(=O)O)cc2n1C1CCCC1)SN. The van der Waals surface area contributed by atoms with Gasteiger partial charge in [-0.25, -0.2) is 9.10 Å². The van der Waals surface area contributed by atoms with Crippen LogP contribution in [0.2, 0.25) is 0 Å². The minimum atomic E-state index is -0.904. The summed E-state index contributed by atoms with van der Waals surface area (Å²) in [5, 5.41) is 16.6. The molecule has 43 heavy (non-hydrogen) atoms. The van der Waals surface area contributed by atoms with Gasteiger partial charge in [0.2, 0.25) is 0 Å². The van der Waals surface area contributed by atoms with Crippen LogP contribution in [0.25, 0.3) is 22.2 Å². The summed E-state index contributed by atoms with van der Waals surface area (Å²) < 4.78 is 10.7. The molecule has 0 bridgehead atoms. The number of nitrogens with zero attached hydrogens (tertiary/aromatic N) is 3. The lowest BCUT2D eigenvalue weighted by atomic mass is 9.81. The highest BCUT2D eigenvalue weighted by atomic mass is 32.2. The van der Waals surface area contributed by atoms with Crippen LogP contribution >= 0.6 is 12.1 Å². The third-order valence-electron chi connectivity index (χ3n) is 9.31. The van der Waals surface area contributed by atoms with Crippen molar-refractivity contribution < 1.29 is 19.4 Å². The number of carbonyl (C=O) groups is 2. The van der Waals surface area contributed by atoms with Gasteiger partial charge >= 0.3 is 5.97 Å². The van der Waals surface area contributed by atoms with Gasteiger partial charge in [-0.3, -0.25) is 9.93 Å². The van der Waals surface area contributed by atoms with E-state index in [0.29, 0.717) is 29.8 Å². The second-order valence-electron chi connectivity index (χ2n) is 12.2. The van der Waals surface area contributed by atoms with Crippen LogP contribution in [0.15, 0.2) is 42.5 Å². The zero-order valence-electron chi connectivity index (χ0n) is 25.6. The number of likely N-dealkylation sites (N-methyl/N-ethyl adjacent to an activating group) is 1. The molecule has 2 aromatic carbocycles. The number of ether oxygens (including phenoxy) is 1. The zero-order chi connectivity index (χ0) is 30.3. The lowest BCUT2D eigenvalue weighted by Gasteiger charge is -2.26. The summed E-state index contributed by atoms with van der Waals surface area (Å²) in [7, 11) is 3.79. The predicted molar refractivity (Wildman–Crippen MR) is 174 cm³/mol. The van der Waals surface area contributed by atoms with Gasteiger partial charge in [0.15, 0.2) is 6.61 Å². The van der Waals surface area contributed by atoms with Crippen molar-refractivity contribution in [1.29, 1.82) is 0 Å². The number of aromatic carboxylic acids is 1. The number of para-hydroxylation sites is 1. The van der Waals surface area contributed by atoms with Gasteiger partial charge in [0, 0.05) is 54.8 Å². The van der Waals surface area contributed by atoms with Crippen LogP contribution in [0.5, 0.6) is 5.75 Å². The first-order valence-corrected chi connectivity index (χ1v) is 16.7. The summed E-state index contributed by atoms with van der Waals surface area (Å²) in [6, 6.07) is 14.0. The van der Waals surface area contributed by atoms with E-state index in [-0.39, 0.29) is 12.5 Å². The molecule has 9 heteroatoms. The van der Waals surface area contributed by atoms with Crippen LogP contribution in [-0.4, -0.2) is 64.5 Å². The van der Waals surface area contributed by atoms with E-state index in [9.17, 15) is 14.7 Å². The molecule has 0 atom stereocenters. The molecule has 2 aliphatic carbocycles. The number of rotatable bonds is 13. The number of amides is 1. The molecular formula is C34H46N4O4S. The van der Waals surface area contributed by atoms with Gasteiger partial charge in [-0.05, 0) is 81.3 Å². The molecule has 1 amide bonds. The van der Waals surface area contributed by atoms with Crippen LogP contribution < -0.4 is 9.88 Å². The van der Waals surface area contributed by atoms with Crippen molar-refractivity contribution in [1.82, 2.24) is 13.8 Å². The predicted octanol–water partition coefficient (Wildman–Crippen LogP) is 7.24. The first-order chi connectivity index (χ1) is 20.9. The summed E-state index contributed by atoms with van der Waals surface area (Å²) in [5.41, 5.74) is 4.78. The van der Waals surface area contributed by atoms with E-state index in [4.69, 9.17) is 9.88 Å². The Hall–Kier alpha value is -3.01. The number of benzene rings is 2. The fraction of sp³-hybridized carbons (Fsp3) is 0.529. The number of hydrogen-bond acceptors (Lipinski definition) is 6. The number of carboxylic acid groups (broad SMARTS) is 1. The second kappa shape index (κ2) is 14.6. The van der Waals surface area contributed by atoms with Crippen LogP contribution in [-0.2, 0) is 4.79 Å². The molecule has 2 saturated carbocycles. The number of carbonyl (C=O) groups excluding carboxylic acids is 1. The zero-order valence-corrected chi connectivity index (χ0v) is 26.4. The quantitative estimate of drug-likeness (QED) is 0.156. The summed E-state index contributed by atoms with van der Waals surface area (Å²) in [5.74, 6) is 0.148. The first-order valence-electron chi connectivity index (χ1n) is 15.8. The summed E-state index contributed by atoms with van der Waals surface area (Å²) in [6.07, 6.45) is 12.3. The van der Waals surface area contributed by atoms with E-state index >= 15 is 0 Å². The Kier molecular flexibility index (Phi) is 10.7. The average Bonchev–Trinajstić information content (AvgIpc) is 3.68. The van der Waals surface area contributed by atoms with Crippen molar-refractivity contribution in [3.8, 4) is 17.0 Å². The van der Waals surface area contributed by atoms with Gasteiger partial charge in [-0.1, -0.05) is 50.3 Å². The molecule has 0 aliphatic heterocycles. The summed E-state index contributed by atoms with van der Waals surface area (Å²) in [4.78, 5) is 26.9. The molecule has 1 heterocycles. The van der Waals surface area contributed by atoms with Crippen molar-refractivity contribution in [3.05, 3.63) is 53.6 Å². The average molecular weight is 607 g/mol. The smallest absolute Gasteiger partial charge is 0.335 e. The van der Waals surface area contributed by atoms with Crippen molar-refractivity contribution in [2.24, 2.45) is 5.14 Å². The molecular weight excluding hydrogens is 560 g/mol. The summed E-state index contributed by atoms with van der Waals surface area (Å²) >= 11 is 1.22. The maximum Gasteiger partial charge on any atom is 0.335 e. The van der Waals surface area contributed by atoms with Gasteiger partial charge < -0.3 is 19.3 Å². The van der Waals surface area contributed by atoms with Gasteiger partial charge in [0.05, 0.1) is 11.3 Å². The van der Waals surface area contributed by atoms with Crippen LogP contribution in [0.3, 0.4) is 0 Å². The topological polar surface area (TPSA) is 101 Å². The number of hydrogen-bond donors (Lipinski definition) is 2. The number of nitrogens with two attached hydrogens (primary N) is 1.